The number of hydrogen-bond acceptors (Lipinski definition) is 5. The van der Waals surface area contributed by atoms with E-state index in [0.29, 0.717) is 22.6 Å². The fourth-order valence-electron chi connectivity index (χ4n) is 2.70. The largest absolute Gasteiger partial charge is 0.484 e. The van der Waals surface area contributed by atoms with Crippen LogP contribution in [0.5, 0.6) is 5.75 Å². The topological polar surface area (TPSA) is 66.2 Å². The van der Waals surface area contributed by atoms with Gasteiger partial charge in [0.15, 0.2) is 6.61 Å². The van der Waals surface area contributed by atoms with Crippen molar-refractivity contribution in [1.82, 2.24) is 14.5 Å². The van der Waals surface area contributed by atoms with E-state index in [9.17, 15) is 18.0 Å². The molecule has 0 unspecified atom stereocenters. The lowest BCUT2D eigenvalue weighted by Gasteiger charge is -2.20. The number of nitrogens with zero attached hydrogens (tertiary/aromatic N) is 3. The number of carbonyl (C=O) groups excluding carboxylic acids is 1. The standard InChI is InChI=1S/C22H22F3N3O3/c1-21(2,3)31-20(29)15-9-17(27-18(10-15)19-11-28(4)13-26-19)14-5-7-16(8-6-14)30-12-22(23,24)25/h5-11,13H,12H2,1-4H3. The van der Waals surface area contributed by atoms with Crippen LogP contribution >= 0.6 is 0 Å². The van der Waals surface area contributed by atoms with E-state index in [2.05, 4.69) is 9.97 Å². The zero-order chi connectivity index (χ0) is 22.8. The summed E-state index contributed by atoms with van der Waals surface area (Å²) in [4.78, 5) is 21.5. The minimum absolute atomic E-state index is 0.0781. The maximum Gasteiger partial charge on any atom is 0.422 e. The van der Waals surface area contributed by atoms with Gasteiger partial charge in [0.05, 0.1) is 23.3 Å². The monoisotopic (exact) mass is 433 g/mol. The number of imidazole rings is 1. The molecule has 9 heteroatoms. The number of ether oxygens (including phenoxy) is 2. The molecule has 0 saturated carbocycles. The highest BCUT2D eigenvalue weighted by molar-refractivity contribution is 5.92. The van der Waals surface area contributed by atoms with Crippen LogP contribution in [0.4, 0.5) is 13.2 Å². The molecule has 0 radical (unpaired) electrons. The van der Waals surface area contributed by atoms with Gasteiger partial charge in [-0.05, 0) is 57.2 Å². The van der Waals surface area contributed by atoms with Crippen LogP contribution in [0.3, 0.4) is 0 Å². The van der Waals surface area contributed by atoms with Crippen LogP contribution in [0.1, 0.15) is 31.1 Å². The van der Waals surface area contributed by atoms with Crippen molar-refractivity contribution < 1.29 is 27.4 Å². The molecule has 2 heterocycles. The molecule has 2 aromatic heterocycles. The van der Waals surface area contributed by atoms with E-state index in [1.165, 1.54) is 12.1 Å². The van der Waals surface area contributed by atoms with Crippen LogP contribution in [0, 0.1) is 0 Å². The Morgan fingerprint density at radius 2 is 1.68 bits per heavy atom. The van der Waals surface area contributed by atoms with Crippen LogP contribution in [-0.4, -0.2) is 38.9 Å². The lowest BCUT2D eigenvalue weighted by Crippen LogP contribution is -2.24. The molecular weight excluding hydrogens is 411 g/mol. The van der Waals surface area contributed by atoms with E-state index in [1.54, 1.807) is 62.1 Å². The highest BCUT2D eigenvalue weighted by atomic mass is 19.4. The first-order valence-electron chi connectivity index (χ1n) is 9.43. The first-order valence-corrected chi connectivity index (χ1v) is 9.43. The van der Waals surface area contributed by atoms with E-state index >= 15 is 0 Å². The summed E-state index contributed by atoms with van der Waals surface area (Å²) in [5, 5.41) is 0. The van der Waals surface area contributed by atoms with Gasteiger partial charge in [0, 0.05) is 18.8 Å². The number of carbonyl (C=O) groups is 1. The Balaban J connectivity index is 1.97. The fraction of sp³-hybridized carbons (Fsp3) is 0.318. The van der Waals surface area contributed by atoms with Crippen LogP contribution in [0.2, 0.25) is 0 Å². The molecule has 3 aromatic rings. The van der Waals surface area contributed by atoms with Gasteiger partial charge in [0.1, 0.15) is 17.0 Å². The molecule has 0 fully saturated rings. The average Bonchev–Trinajstić information content (AvgIpc) is 3.11. The zero-order valence-electron chi connectivity index (χ0n) is 17.5. The van der Waals surface area contributed by atoms with Gasteiger partial charge in [-0.25, -0.2) is 14.8 Å². The molecule has 0 aliphatic carbocycles. The minimum atomic E-state index is -4.42. The van der Waals surface area contributed by atoms with Crippen molar-refractivity contribution in [3.8, 4) is 28.4 Å². The Kier molecular flexibility index (Phi) is 6.06. The normalized spacial score (nSPS) is 12.0. The molecule has 0 atom stereocenters. The summed E-state index contributed by atoms with van der Waals surface area (Å²) in [5.41, 5.74) is 1.70. The number of rotatable bonds is 5. The van der Waals surface area contributed by atoms with Crippen LogP contribution in [0.25, 0.3) is 22.6 Å². The Morgan fingerprint density at radius 3 is 2.23 bits per heavy atom. The molecule has 0 aliphatic heterocycles. The third kappa shape index (κ3) is 6.31. The van der Waals surface area contributed by atoms with Crippen molar-refractivity contribution in [1.29, 1.82) is 0 Å². The molecule has 6 nitrogen and oxygen atoms in total. The third-order valence-corrected chi connectivity index (χ3v) is 3.98. The summed E-state index contributed by atoms with van der Waals surface area (Å²) >= 11 is 0. The molecule has 3 rings (SSSR count). The molecule has 0 N–H and O–H groups in total. The van der Waals surface area contributed by atoms with Gasteiger partial charge in [-0.2, -0.15) is 13.2 Å². The zero-order valence-corrected chi connectivity index (χ0v) is 17.5. The van der Waals surface area contributed by atoms with E-state index in [0.717, 1.165) is 0 Å². The van der Waals surface area contributed by atoms with E-state index < -0.39 is 24.4 Å². The second-order valence-electron chi connectivity index (χ2n) is 7.98. The summed E-state index contributed by atoms with van der Waals surface area (Å²) in [6, 6.07) is 9.17. The minimum Gasteiger partial charge on any atom is -0.484 e. The molecule has 1 aromatic carbocycles. The van der Waals surface area contributed by atoms with Gasteiger partial charge < -0.3 is 14.0 Å². The van der Waals surface area contributed by atoms with E-state index in [-0.39, 0.29) is 11.3 Å². The van der Waals surface area contributed by atoms with Crippen molar-refractivity contribution in [3.05, 3.63) is 54.5 Å². The van der Waals surface area contributed by atoms with Gasteiger partial charge in [-0.15, -0.1) is 0 Å². The van der Waals surface area contributed by atoms with Crippen molar-refractivity contribution >= 4 is 5.97 Å². The molecule has 0 aliphatic rings. The molecule has 0 bridgehead atoms. The SMILES string of the molecule is Cn1cnc(-c2cc(C(=O)OC(C)(C)C)cc(-c3ccc(OCC(F)(F)F)cc3)n2)c1. The summed E-state index contributed by atoms with van der Waals surface area (Å²) in [7, 11) is 1.81. The van der Waals surface area contributed by atoms with E-state index in [1.807, 2.05) is 7.05 Å². The van der Waals surface area contributed by atoms with Crippen LogP contribution < -0.4 is 4.74 Å². The number of halogens is 3. The Hall–Kier alpha value is -3.36. The maximum absolute atomic E-state index is 12.7. The third-order valence-electron chi connectivity index (χ3n) is 3.98. The molecular formula is C22H22F3N3O3. The number of esters is 1. The number of aromatic nitrogens is 3. The second kappa shape index (κ2) is 8.41. The maximum atomic E-state index is 12.7. The second-order valence-corrected chi connectivity index (χ2v) is 7.98. The predicted molar refractivity (Wildman–Crippen MR) is 109 cm³/mol. The van der Waals surface area contributed by atoms with Gasteiger partial charge in [-0.3, -0.25) is 0 Å². The first kappa shape index (κ1) is 22.3. The number of aryl methyl sites for hydroxylation is 1. The summed E-state index contributed by atoms with van der Waals surface area (Å²) < 4.78 is 49.0. The summed E-state index contributed by atoms with van der Waals surface area (Å²) in [5.74, 6) is -0.437. The fourth-order valence-corrected chi connectivity index (χ4v) is 2.70. The van der Waals surface area contributed by atoms with Gasteiger partial charge in [0.25, 0.3) is 0 Å². The van der Waals surface area contributed by atoms with Crippen molar-refractivity contribution in [3.63, 3.8) is 0 Å². The highest BCUT2D eigenvalue weighted by Crippen LogP contribution is 2.27. The van der Waals surface area contributed by atoms with Gasteiger partial charge in [-0.1, -0.05) is 0 Å². The lowest BCUT2D eigenvalue weighted by molar-refractivity contribution is -0.153. The van der Waals surface area contributed by atoms with Crippen molar-refractivity contribution in [2.24, 2.45) is 7.05 Å². The van der Waals surface area contributed by atoms with Crippen LogP contribution in [0.15, 0.2) is 48.9 Å². The predicted octanol–water partition coefficient (Wildman–Crippen LogP) is 5.05. The lowest BCUT2D eigenvalue weighted by atomic mass is 10.1. The molecule has 31 heavy (non-hydrogen) atoms. The quantitative estimate of drug-likeness (QED) is 0.527. The molecule has 164 valence electrons. The first-order chi connectivity index (χ1) is 14.4. The van der Waals surface area contributed by atoms with Gasteiger partial charge in [0.2, 0.25) is 0 Å². The average molecular weight is 433 g/mol. The van der Waals surface area contributed by atoms with Crippen molar-refractivity contribution in [2.75, 3.05) is 6.61 Å². The molecule has 0 spiro atoms. The van der Waals surface area contributed by atoms with Crippen LogP contribution in [-0.2, 0) is 11.8 Å². The van der Waals surface area contributed by atoms with Gasteiger partial charge >= 0.3 is 12.1 Å². The number of hydrogen-bond donors (Lipinski definition) is 0. The highest BCUT2D eigenvalue weighted by Gasteiger charge is 2.28. The summed E-state index contributed by atoms with van der Waals surface area (Å²) in [6.07, 6.45) is -1.04. The Morgan fingerprint density at radius 1 is 1.03 bits per heavy atom. The number of benzene rings is 1. The number of alkyl halides is 3. The summed E-state index contributed by atoms with van der Waals surface area (Å²) in [6.45, 7) is 3.94. The smallest absolute Gasteiger partial charge is 0.422 e. The molecule has 0 amide bonds. The van der Waals surface area contributed by atoms with Crippen molar-refractivity contribution in [2.45, 2.75) is 32.5 Å². The number of pyridine rings is 1. The Labute approximate surface area is 177 Å². The van der Waals surface area contributed by atoms with E-state index in [4.69, 9.17) is 9.47 Å². The molecule has 0 saturated heterocycles. The Bertz CT molecular complexity index is 1070.